The van der Waals surface area contributed by atoms with E-state index in [1.54, 1.807) is 33.5 Å². The third kappa shape index (κ3) is 4.99. The van der Waals surface area contributed by atoms with Crippen LogP contribution in [-0.4, -0.2) is 33.3 Å². The monoisotopic (exact) mass is 318 g/mol. The normalized spacial score (nSPS) is 11.1. The van der Waals surface area contributed by atoms with Crippen molar-refractivity contribution in [2.24, 2.45) is 5.73 Å². The van der Waals surface area contributed by atoms with Crippen molar-refractivity contribution in [1.29, 1.82) is 0 Å². The van der Waals surface area contributed by atoms with E-state index in [0.29, 0.717) is 30.2 Å². The SMILES string of the molecule is CC[C@H](N)C(=O)NCc1cc(OC)c(OC)cc1OC.Cl. The molecule has 0 aliphatic rings. The fourth-order valence-electron chi connectivity index (χ4n) is 1.73. The fourth-order valence-corrected chi connectivity index (χ4v) is 1.73. The Kier molecular flexibility index (Phi) is 8.57. The van der Waals surface area contributed by atoms with Gasteiger partial charge in [0.15, 0.2) is 11.5 Å². The summed E-state index contributed by atoms with van der Waals surface area (Å²) in [7, 11) is 4.67. The third-order valence-corrected chi connectivity index (χ3v) is 3.02. The Hall–Kier alpha value is -1.66. The van der Waals surface area contributed by atoms with E-state index >= 15 is 0 Å². The van der Waals surface area contributed by atoms with E-state index in [1.165, 1.54) is 0 Å². The van der Waals surface area contributed by atoms with Crippen molar-refractivity contribution in [3.63, 3.8) is 0 Å². The van der Waals surface area contributed by atoms with E-state index < -0.39 is 6.04 Å². The molecule has 1 aromatic rings. The molecule has 0 saturated heterocycles. The highest BCUT2D eigenvalue weighted by Crippen LogP contribution is 2.34. The Balaban J connectivity index is 0.00000400. The Morgan fingerprint density at radius 2 is 1.67 bits per heavy atom. The van der Waals surface area contributed by atoms with E-state index in [1.807, 2.05) is 6.92 Å². The Labute approximate surface area is 131 Å². The van der Waals surface area contributed by atoms with Gasteiger partial charge in [-0.15, -0.1) is 12.4 Å². The fraction of sp³-hybridized carbons (Fsp3) is 0.500. The Morgan fingerprint density at radius 1 is 1.14 bits per heavy atom. The number of amides is 1. The second-order valence-electron chi connectivity index (χ2n) is 4.25. The van der Waals surface area contributed by atoms with E-state index in [2.05, 4.69) is 5.32 Å². The molecule has 7 heteroatoms. The molecule has 1 aromatic carbocycles. The summed E-state index contributed by atoms with van der Waals surface area (Å²) in [5.74, 6) is 1.58. The quantitative estimate of drug-likeness (QED) is 0.796. The number of hydrogen-bond donors (Lipinski definition) is 2. The van der Waals surface area contributed by atoms with E-state index in [0.717, 1.165) is 5.56 Å². The van der Waals surface area contributed by atoms with Gasteiger partial charge in [0.05, 0.1) is 27.4 Å². The van der Waals surface area contributed by atoms with E-state index in [9.17, 15) is 4.79 Å². The van der Waals surface area contributed by atoms with Crippen LogP contribution in [0.1, 0.15) is 18.9 Å². The molecule has 1 atom stereocenters. The molecule has 6 nitrogen and oxygen atoms in total. The molecule has 120 valence electrons. The minimum Gasteiger partial charge on any atom is -0.496 e. The van der Waals surface area contributed by atoms with Crippen LogP contribution in [0.25, 0.3) is 0 Å². The standard InChI is InChI=1S/C14H22N2O4.ClH/c1-5-10(15)14(17)16-8-9-6-12(19-3)13(20-4)7-11(9)18-2;/h6-7,10H,5,8,15H2,1-4H3,(H,16,17);1H/t10-;/m0./s1. The number of carbonyl (C=O) groups is 1. The first kappa shape index (κ1) is 19.3. The van der Waals surface area contributed by atoms with Gasteiger partial charge >= 0.3 is 0 Å². The summed E-state index contributed by atoms with van der Waals surface area (Å²) in [6, 6.07) is 3.00. The van der Waals surface area contributed by atoms with Crippen molar-refractivity contribution < 1.29 is 19.0 Å². The molecule has 1 rings (SSSR count). The van der Waals surface area contributed by atoms with Crippen molar-refractivity contribution in [2.45, 2.75) is 25.9 Å². The molecule has 3 N–H and O–H groups in total. The van der Waals surface area contributed by atoms with Crippen LogP contribution in [0, 0.1) is 0 Å². The highest BCUT2D eigenvalue weighted by atomic mass is 35.5. The number of ether oxygens (including phenoxy) is 3. The van der Waals surface area contributed by atoms with Crippen LogP contribution in [0.3, 0.4) is 0 Å². The first-order chi connectivity index (χ1) is 9.57. The van der Waals surface area contributed by atoms with Gasteiger partial charge in [-0.1, -0.05) is 6.92 Å². The van der Waals surface area contributed by atoms with E-state index in [4.69, 9.17) is 19.9 Å². The van der Waals surface area contributed by atoms with Gasteiger partial charge in [0, 0.05) is 18.2 Å². The zero-order valence-corrected chi connectivity index (χ0v) is 13.6. The number of nitrogens with two attached hydrogens (primary N) is 1. The maximum atomic E-state index is 11.7. The molecular formula is C14H23ClN2O4. The van der Waals surface area contributed by atoms with Crippen molar-refractivity contribution in [3.8, 4) is 17.2 Å². The molecular weight excluding hydrogens is 296 g/mol. The minimum absolute atomic E-state index is 0. The third-order valence-electron chi connectivity index (χ3n) is 3.02. The number of methoxy groups -OCH3 is 3. The van der Waals surface area contributed by atoms with Crippen molar-refractivity contribution in [1.82, 2.24) is 5.32 Å². The Bertz CT molecular complexity index is 469. The number of carbonyl (C=O) groups excluding carboxylic acids is 1. The number of benzene rings is 1. The lowest BCUT2D eigenvalue weighted by molar-refractivity contribution is -0.122. The second-order valence-corrected chi connectivity index (χ2v) is 4.25. The summed E-state index contributed by atoms with van der Waals surface area (Å²) in [5, 5.41) is 2.77. The maximum Gasteiger partial charge on any atom is 0.237 e. The van der Waals surface area contributed by atoms with Crippen molar-refractivity contribution in [2.75, 3.05) is 21.3 Å². The predicted octanol–water partition coefficient (Wildman–Crippen LogP) is 1.49. The predicted molar refractivity (Wildman–Crippen MR) is 83.5 cm³/mol. The topological polar surface area (TPSA) is 82.8 Å². The molecule has 0 saturated carbocycles. The number of rotatable bonds is 7. The maximum absolute atomic E-state index is 11.7. The lowest BCUT2D eigenvalue weighted by atomic mass is 10.1. The van der Waals surface area contributed by atoms with Gasteiger partial charge < -0.3 is 25.3 Å². The average molecular weight is 319 g/mol. The lowest BCUT2D eigenvalue weighted by Gasteiger charge is -2.15. The van der Waals surface area contributed by atoms with Crippen molar-refractivity contribution in [3.05, 3.63) is 17.7 Å². The highest BCUT2D eigenvalue weighted by molar-refractivity contribution is 5.85. The molecule has 0 unspecified atom stereocenters. The zero-order valence-electron chi connectivity index (χ0n) is 12.8. The summed E-state index contributed by atoms with van der Waals surface area (Å²) >= 11 is 0. The number of nitrogens with one attached hydrogen (secondary N) is 1. The van der Waals surface area contributed by atoms with Crippen LogP contribution >= 0.6 is 12.4 Å². The molecule has 0 bridgehead atoms. The minimum atomic E-state index is -0.499. The average Bonchev–Trinajstić information content (AvgIpc) is 2.50. The van der Waals surface area contributed by atoms with Crippen LogP contribution in [0.4, 0.5) is 0 Å². The molecule has 0 spiro atoms. The first-order valence-electron chi connectivity index (χ1n) is 6.39. The van der Waals surface area contributed by atoms with Crippen LogP contribution in [0.15, 0.2) is 12.1 Å². The molecule has 21 heavy (non-hydrogen) atoms. The molecule has 0 aromatic heterocycles. The van der Waals surface area contributed by atoms with Crippen LogP contribution in [-0.2, 0) is 11.3 Å². The first-order valence-corrected chi connectivity index (χ1v) is 6.39. The smallest absolute Gasteiger partial charge is 0.237 e. The van der Waals surface area contributed by atoms with Crippen LogP contribution < -0.4 is 25.3 Å². The molecule has 0 radical (unpaired) electrons. The van der Waals surface area contributed by atoms with E-state index in [-0.39, 0.29) is 18.3 Å². The molecule has 0 aliphatic heterocycles. The van der Waals surface area contributed by atoms with Crippen LogP contribution in [0.2, 0.25) is 0 Å². The second kappa shape index (κ2) is 9.31. The van der Waals surface area contributed by atoms with Gasteiger partial charge in [0.1, 0.15) is 5.75 Å². The van der Waals surface area contributed by atoms with Gasteiger partial charge in [0.2, 0.25) is 5.91 Å². The Morgan fingerprint density at radius 3 is 2.14 bits per heavy atom. The summed E-state index contributed by atoms with van der Waals surface area (Å²) < 4.78 is 15.7. The zero-order chi connectivity index (χ0) is 15.1. The van der Waals surface area contributed by atoms with Gasteiger partial charge in [0.25, 0.3) is 0 Å². The van der Waals surface area contributed by atoms with Gasteiger partial charge in [-0.25, -0.2) is 0 Å². The van der Waals surface area contributed by atoms with Crippen LogP contribution in [0.5, 0.6) is 17.2 Å². The van der Waals surface area contributed by atoms with Gasteiger partial charge in [-0.05, 0) is 12.5 Å². The summed E-state index contributed by atoms with van der Waals surface area (Å²) in [6.45, 7) is 2.18. The largest absolute Gasteiger partial charge is 0.496 e. The molecule has 0 heterocycles. The highest BCUT2D eigenvalue weighted by Gasteiger charge is 2.14. The summed E-state index contributed by atoms with van der Waals surface area (Å²) in [4.78, 5) is 11.7. The van der Waals surface area contributed by atoms with Crippen molar-refractivity contribution >= 4 is 18.3 Å². The molecule has 1 amide bonds. The van der Waals surface area contributed by atoms with Gasteiger partial charge in [-0.2, -0.15) is 0 Å². The van der Waals surface area contributed by atoms with Gasteiger partial charge in [-0.3, -0.25) is 4.79 Å². The number of halogens is 1. The summed E-state index contributed by atoms with van der Waals surface area (Å²) in [5.41, 5.74) is 6.46. The summed E-state index contributed by atoms with van der Waals surface area (Å²) in [6.07, 6.45) is 0.592. The molecule has 0 aliphatic carbocycles. The molecule has 0 fully saturated rings. The number of hydrogen-bond acceptors (Lipinski definition) is 5. The lowest BCUT2D eigenvalue weighted by Crippen LogP contribution is -2.39.